The van der Waals surface area contributed by atoms with Crippen LogP contribution in [0.15, 0.2) is 53.4 Å². The lowest BCUT2D eigenvalue weighted by atomic mass is 9.97. The maximum absolute atomic E-state index is 12.7. The van der Waals surface area contributed by atoms with Crippen molar-refractivity contribution in [3.63, 3.8) is 0 Å². The van der Waals surface area contributed by atoms with Crippen LogP contribution in [0.4, 0.5) is 5.95 Å². The average molecular weight is 419 g/mol. The van der Waals surface area contributed by atoms with Crippen LogP contribution in [0, 0.1) is 5.92 Å². The van der Waals surface area contributed by atoms with Crippen molar-refractivity contribution in [2.24, 2.45) is 5.92 Å². The number of aromatic amines is 1. The highest BCUT2D eigenvalue weighted by Gasteiger charge is 2.32. The number of aromatic nitrogens is 2. The molecule has 4 rings (SSSR count). The van der Waals surface area contributed by atoms with Gasteiger partial charge in [0.05, 0.1) is 15.9 Å². The molecule has 1 aliphatic rings. The van der Waals surface area contributed by atoms with Gasteiger partial charge in [-0.2, -0.15) is 4.31 Å². The van der Waals surface area contributed by atoms with Gasteiger partial charge in [0.15, 0.2) is 0 Å². The van der Waals surface area contributed by atoms with Crippen molar-refractivity contribution in [3.8, 4) is 0 Å². The molecule has 2 heterocycles. The van der Waals surface area contributed by atoms with Gasteiger partial charge >= 0.3 is 0 Å². The lowest BCUT2D eigenvalue weighted by molar-refractivity contribution is -0.120. The van der Waals surface area contributed by atoms with Gasteiger partial charge in [0.1, 0.15) is 0 Å². The summed E-state index contributed by atoms with van der Waals surface area (Å²) in [4.78, 5) is 20.2. The molecule has 2 aromatic carbocycles. The van der Waals surface area contributed by atoms with Crippen LogP contribution in [0.5, 0.6) is 0 Å². The summed E-state index contributed by atoms with van der Waals surface area (Å²) in [5.74, 6) is -0.00473. The Morgan fingerprint density at radius 3 is 2.46 bits per heavy atom. The summed E-state index contributed by atoms with van der Waals surface area (Å²) >= 11 is 5.83. The monoisotopic (exact) mass is 418 g/mol. The molecule has 28 heavy (non-hydrogen) atoms. The number of carbonyl (C=O) groups is 1. The largest absolute Gasteiger partial charge is 0.324 e. The fraction of sp³-hybridized carbons (Fsp3) is 0.263. The fourth-order valence-corrected chi connectivity index (χ4v) is 4.94. The van der Waals surface area contributed by atoms with E-state index in [0.717, 1.165) is 11.0 Å². The molecule has 3 aromatic rings. The van der Waals surface area contributed by atoms with Crippen LogP contribution in [-0.4, -0.2) is 41.7 Å². The standard InChI is InChI=1S/C19H19ClN4O3S/c20-14-5-7-15(8-6-14)28(26,27)24-11-9-13(10-12-24)18(25)23-19-21-16-3-1-2-4-17(16)22-19/h1-8,13H,9-12H2,(H2,21,22,23,25). The summed E-state index contributed by atoms with van der Waals surface area (Å²) in [5.41, 5.74) is 1.63. The molecule has 1 aliphatic heterocycles. The Kier molecular flexibility index (Phi) is 5.09. The summed E-state index contributed by atoms with van der Waals surface area (Å²) < 4.78 is 26.9. The number of piperidine rings is 1. The van der Waals surface area contributed by atoms with Gasteiger partial charge in [-0.05, 0) is 49.2 Å². The van der Waals surface area contributed by atoms with Crippen molar-refractivity contribution in [1.82, 2.24) is 14.3 Å². The minimum absolute atomic E-state index is 0.150. The summed E-state index contributed by atoms with van der Waals surface area (Å²) in [6.45, 7) is 0.590. The molecule has 1 amide bonds. The van der Waals surface area contributed by atoms with Crippen molar-refractivity contribution in [2.45, 2.75) is 17.7 Å². The number of para-hydroxylation sites is 2. The first kappa shape index (κ1) is 18.9. The number of benzene rings is 2. The predicted molar refractivity (Wildman–Crippen MR) is 108 cm³/mol. The number of anilines is 1. The molecule has 2 N–H and O–H groups in total. The molecule has 9 heteroatoms. The van der Waals surface area contributed by atoms with Crippen LogP contribution in [-0.2, 0) is 14.8 Å². The number of fused-ring (bicyclic) bond motifs is 1. The maximum atomic E-state index is 12.7. The number of carbonyl (C=O) groups excluding carboxylic acids is 1. The van der Waals surface area contributed by atoms with Crippen molar-refractivity contribution >= 4 is 44.5 Å². The number of hydrogen-bond acceptors (Lipinski definition) is 4. The topological polar surface area (TPSA) is 95.2 Å². The van der Waals surface area contributed by atoms with Gasteiger partial charge in [0.2, 0.25) is 21.9 Å². The SMILES string of the molecule is O=C(Nc1nc2ccccc2[nH]1)C1CCN(S(=O)(=O)c2ccc(Cl)cc2)CC1. The first-order chi connectivity index (χ1) is 13.4. The van der Waals surface area contributed by atoms with E-state index in [-0.39, 0.29) is 16.7 Å². The van der Waals surface area contributed by atoms with E-state index in [0.29, 0.717) is 36.9 Å². The quantitative estimate of drug-likeness (QED) is 0.679. The van der Waals surface area contributed by atoms with Gasteiger partial charge in [0, 0.05) is 24.0 Å². The zero-order valence-corrected chi connectivity index (χ0v) is 16.5. The Morgan fingerprint density at radius 1 is 1.11 bits per heavy atom. The molecule has 1 saturated heterocycles. The lowest BCUT2D eigenvalue weighted by Crippen LogP contribution is -2.41. The fourth-order valence-electron chi connectivity index (χ4n) is 3.34. The lowest BCUT2D eigenvalue weighted by Gasteiger charge is -2.30. The Bertz CT molecular complexity index is 1070. The molecule has 1 aromatic heterocycles. The van der Waals surface area contributed by atoms with E-state index in [9.17, 15) is 13.2 Å². The van der Waals surface area contributed by atoms with Gasteiger partial charge in [-0.25, -0.2) is 13.4 Å². The van der Waals surface area contributed by atoms with Gasteiger partial charge < -0.3 is 4.98 Å². The molecule has 0 unspecified atom stereocenters. The van der Waals surface area contributed by atoms with Gasteiger partial charge in [-0.1, -0.05) is 23.7 Å². The highest BCUT2D eigenvalue weighted by molar-refractivity contribution is 7.89. The number of H-pyrrole nitrogens is 1. The Balaban J connectivity index is 1.39. The number of imidazole rings is 1. The van der Waals surface area contributed by atoms with E-state index < -0.39 is 10.0 Å². The Hall–Kier alpha value is -2.42. The zero-order chi connectivity index (χ0) is 19.7. The second-order valence-electron chi connectivity index (χ2n) is 6.72. The van der Waals surface area contributed by atoms with Crippen LogP contribution >= 0.6 is 11.6 Å². The number of nitrogens with zero attached hydrogens (tertiary/aromatic N) is 2. The van der Waals surface area contributed by atoms with E-state index in [4.69, 9.17) is 11.6 Å². The third kappa shape index (κ3) is 3.76. The summed E-state index contributed by atoms with van der Waals surface area (Å²) in [5, 5.41) is 3.29. The number of rotatable bonds is 4. The van der Waals surface area contributed by atoms with E-state index >= 15 is 0 Å². The number of halogens is 1. The van der Waals surface area contributed by atoms with Crippen LogP contribution in [0.2, 0.25) is 5.02 Å². The third-order valence-corrected chi connectivity index (χ3v) is 7.07. The van der Waals surface area contributed by atoms with Gasteiger partial charge in [0.25, 0.3) is 0 Å². The molecule has 0 bridgehead atoms. The zero-order valence-electron chi connectivity index (χ0n) is 14.9. The molecule has 0 spiro atoms. The van der Waals surface area contributed by atoms with Crippen LogP contribution in [0.1, 0.15) is 12.8 Å². The summed E-state index contributed by atoms with van der Waals surface area (Å²) in [6, 6.07) is 13.6. The van der Waals surface area contributed by atoms with Crippen LogP contribution < -0.4 is 5.32 Å². The molecule has 0 saturated carbocycles. The molecule has 0 aliphatic carbocycles. The molecule has 0 radical (unpaired) electrons. The number of amides is 1. The summed E-state index contributed by atoms with van der Waals surface area (Å²) in [6.07, 6.45) is 0.914. The van der Waals surface area contributed by atoms with Crippen molar-refractivity contribution < 1.29 is 13.2 Å². The van der Waals surface area contributed by atoms with E-state index in [1.54, 1.807) is 12.1 Å². The molecule has 7 nitrogen and oxygen atoms in total. The third-order valence-electron chi connectivity index (χ3n) is 4.91. The second kappa shape index (κ2) is 7.54. The second-order valence-corrected chi connectivity index (χ2v) is 9.10. The maximum Gasteiger partial charge on any atom is 0.243 e. The van der Waals surface area contributed by atoms with E-state index in [1.165, 1.54) is 16.4 Å². The first-order valence-electron chi connectivity index (χ1n) is 8.95. The molecule has 146 valence electrons. The highest BCUT2D eigenvalue weighted by Crippen LogP contribution is 2.25. The minimum atomic E-state index is -3.58. The number of hydrogen-bond donors (Lipinski definition) is 2. The minimum Gasteiger partial charge on any atom is -0.324 e. The number of sulfonamides is 1. The normalized spacial score (nSPS) is 16.3. The van der Waals surface area contributed by atoms with Crippen molar-refractivity contribution in [1.29, 1.82) is 0 Å². The smallest absolute Gasteiger partial charge is 0.243 e. The molecular weight excluding hydrogens is 400 g/mol. The molecule has 0 atom stereocenters. The van der Waals surface area contributed by atoms with Crippen molar-refractivity contribution in [3.05, 3.63) is 53.6 Å². The van der Waals surface area contributed by atoms with Crippen molar-refractivity contribution in [2.75, 3.05) is 18.4 Å². The highest BCUT2D eigenvalue weighted by atomic mass is 35.5. The molecular formula is C19H19ClN4O3S. The van der Waals surface area contributed by atoms with Gasteiger partial charge in [-0.15, -0.1) is 0 Å². The predicted octanol–water partition coefficient (Wildman–Crippen LogP) is 3.26. The van der Waals surface area contributed by atoms with Crippen LogP contribution in [0.3, 0.4) is 0 Å². The summed E-state index contributed by atoms with van der Waals surface area (Å²) in [7, 11) is -3.58. The van der Waals surface area contributed by atoms with Crippen LogP contribution in [0.25, 0.3) is 11.0 Å². The number of nitrogens with one attached hydrogen (secondary N) is 2. The first-order valence-corrected chi connectivity index (χ1v) is 10.8. The molecule has 1 fully saturated rings. The Morgan fingerprint density at radius 2 is 1.79 bits per heavy atom. The van der Waals surface area contributed by atoms with Gasteiger partial charge in [-0.3, -0.25) is 10.1 Å². The van der Waals surface area contributed by atoms with E-state index in [2.05, 4.69) is 15.3 Å². The average Bonchev–Trinajstić information content (AvgIpc) is 3.10. The van der Waals surface area contributed by atoms with E-state index in [1.807, 2.05) is 24.3 Å². The Labute approximate surface area is 167 Å².